The standard InChI is InChI=1S/C12H22N2O3/c1-3-13-12(16)11-9-17-8-7-14(11)6-4-5-10(2)15/h11H,3-9H2,1-2H3,(H,13,16). The molecule has 1 fully saturated rings. The highest BCUT2D eigenvalue weighted by molar-refractivity contribution is 5.82. The molecule has 0 radical (unpaired) electrons. The van der Waals surface area contributed by atoms with Crippen LogP contribution in [-0.4, -0.2) is 55.5 Å². The van der Waals surface area contributed by atoms with Gasteiger partial charge in [-0.1, -0.05) is 0 Å². The highest BCUT2D eigenvalue weighted by atomic mass is 16.5. The summed E-state index contributed by atoms with van der Waals surface area (Å²) in [6, 6.07) is -0.198. The lowest BCUT2D eigenvalue weighted by Crippen LogP contribution is -2.53. The third-order valence-electron chi connectivity index (χ3n) is 2.87. The molecule has 1 atom stereocenters. The van der Waals surface area contributed by atoms with Gasteiger partial charge in [0.1, 0.15) is 11.8 Å². The van der Waals surface area contributed by atoms with Crippen LogP contribution in [0.15, 0.2) is 0 Å². The molecule has 1 rings (SSSR count). The Balaban J connectivity index is 2.42. The van der Waals surface area contributed by atoms with Crippen LogP contribution in [0.4, 0.5) is 0 Å². The number of morpholine rings is 1. The maximum absolute atomic E-state index is 11.8. The average Bonchev–Trinajstić information content (AvgIpc) is 2.29. The van der Waals surface area contributed by atoms with Gasteiger partial charge in [-0.15, -0.1) is 0 Å². The Labute approximate surface area is 102 Å². The van der Waals surface area contributed by atoms with Crippen LogP contribution >= 0.6 is 0 Å². The van der Waals surface area contributed by atoms with Gasteiger partial charge in [0.2, 0.25) is 5.91 Å². The third kappa shape index (κ3) is 4.83. The van der Waals surface area contributed by atoms with Crippen molar-refractivity contribution < 1.29 is 14.3 Å². The van der Waals surface area contributed by atoms with Crippen LogP contribution in [0.5, 0.6) is 0 Å². The van der Waals surface area contributed by atoms with Crippen molar-refractivity contribution in [3.63, 3.8) is 0 Å². The van der Waals surface area contributed by atoms with Crippen molar-refractivity contribution in [2.75, 3.05) is 32.8 Å². The molecule has 0 saturated carbocycles. The lowest BCUT2D eigenvalue weighted by atomic mass is 10.1. The first-order valence-corrected chi connectivity index (χ1v) is 6.24. The maximum Gasteiger partial charge on any atom is 0.239 e. The summed E-state index contributed by atoms with van der Waals surface area (Å²) in [5.41, 5.74) is 0. The van der Waals surface area contributed by atoms with Gasteiger partial charge >= 0.3 is 0 Å². The number of carbonyl (C=O) groups is 2. The molecule has 1 aliphatic rings. The van der Waals surface area contributed by atoms with Gasteiger partial charge in [0.05, 0.1) is 13.2 Å². The van der Waals surface area contributed by atoms with Gasteiger partial charge in [-0.25, -0.2) is 0 Å². The minimum atomic E-state index is -0.198. The molecule has 1 N–H and O–H groups in total. The van der Waals surface area contributed by atoms with Crippen LogP contribution in [-0.2, 0) is 14.3 Å². The SMILES string of the molecule is CCNC(=O)C1COCCN1CCCC(C)=O. The monoisotopic (exact) mass is 242 g/mol. The normalized spacial score (nSPS) is 21.2. The summed E-state index contributed by atoms with van der Waals surface area (Å²) >= 11 is 0. The van der Waals surface area contributed by atoms with Gasteiger partial charge in [0.15, 0.2) is 0 Å². The number of nitrogens with zero attached hydrogens (tertiary/aromatic N) is 1. The smallest absolute Gasteiger partial charge is 0.239 e. The molecule has 0 spiro atoms. The molecular weight excluding hydrogens is 220 g/mol. The van der Waals surface area contributed by atoms with Crippen LogP contribution in [0, 0.1) is 0 Å². The molecule has 98 valence electrons. The Morgan fingerprint density at radius 2 is 2.24 bits per heavy atom. The second-order valence-corrected chi connectivity index (χ2v) is 4.33. The van der Waals surface area contributed by atoms with Crippen molar-refractivity contribution in [1.29, 1.82) is 0 Å². The van der Waals surface area contributed by atoms with Crippen molar-refractivity contribution in [1.82, 2.24) is 10.2 Å². The number of rotatable bonds is 6. The number of amides is 1. The van der Waals surface area contributed by atoms with Crippen LogP contribution in [0.3, 0.4) is 0 Å². The number of ketones is 1. The fourth-order valence-electron chi connectivity index (χ4n) is 1.97. The van der Waals surface area contributed by atoms with E-state index in [1.165, 1.54) is 0 Å². The highest BCUT2D eigenvalue weighted by Crippen LogP contribution is 2.08. The molecule has 1 amide bonds. The fourth-order valence-corrected chi connectivity index (χ4v) is 1.97. The van der Waals surface area contributed by atoms with E-state index in [1.807, 2.05) is 6.92 Å². The van der Waals surface area contributed by atoms with Gasteiger partial charge in [-0.05, 0) is 26.8 Å². The van der Waals surface area contributed by atoms with E-state index < -0.39 is 0 Å². The summed E-state index contributed by atoms with van der Waals surface area (Å²) in [6.45, 7) is 6.80. The third-order valence-corrected chi connectivity index (χ3v) is 2.87. The van der Waals surface area contributed by atoms with E-state index in [9.17, 15) is 9.59 Å². The zero-order valence-corrected chi connectivity index (χ0v) is 10.7. The molecule has 1 heterocycles. The van der Waals surface area contributed by atoms with Crippen molar-refractivity contribution in [3.05, 3.63) is 0 Å². The maximum atomic E-state index is 11.8. The summed E-state index contributed by atoms with van der Waals surface area (Å²) in [5.74, 6) is 0.225. The minimum absolute atomic E-state index is 0.0232. The van der Waals surface area contributed by atoms with Gasteiger partial charge in [0, 0.05) is 19.5 Å². The quantitative estimate of drug-likeness (QED) is 0.722. The minimum Gasteiger partial charge on any atom is -0.378 e. The van der Waals surface area contributed by atoms with Crippen LogP contribution in [0.2, 0.25) is 0 Å². The van der Waals surface area contributed by atoms with Crippen molar-refractivity contribution in [2.24, 2.45) is 0 Å². The summed E-state index contributed by atoms with van der Waals surface area (Å²) in [4.78, 5) is 24.8. The van der Waals surface area contributed by atoms with Gasteiger partial charge < -0.3 is 14.8 Å². The number of ether oxygens (including phenoxy) is 1. The molecule has 5 heteroatoms. The number of likely N-dealkylation sites (N-methyl/N-ethyl adjacent to an activating group) is 1. The molecule has 1 saturated heterocycles. The van der Waals surface area contributed by atoms with Crippen LogP contribution in [0.1, 0.15) is 26.7 Å². The number of hydrogen-bond donors (Lipinski definition) is 1. The first kappa shape index (κ1) is 14.1. The Bertz CT molecular complexity index is 268. The zero-order valence-electron chi connectivity index (χ0n) is 10.7. The predicted octanol–water partition coefficient (Wildman–Crippen LogP) is 0.193. The number of nitrogens with one attached hydrogen (secondary N) is 1. The summed E-state index contributed by atoms with van der Waals surface area (Å²) in [5, 5.41) is 2.82. The topological polar surface area (TPSA) is 58.6 Å². The molecule has 17 heavy (non-hydrogen) atoms. The predicted molar refractivity (Wildman–Crippen MR) is 64.8 cm³/mol. The van der Waals surface area contributed by atoms with Gasteiger partial charge in [0.25, 0.3) is 0 Å². The fraction of sp³-hybridized carbons (Fsp3) is 0.833. The summed E-state index contributed by atoms with van der Waals surface area (Å²) < 4.78 is 5.34. The van der Waals surface area contributed by atoms with Crippen molar-refractivity contribution >= 4 is 11.7 Å². The molecule has 1 aliphatic heterocycles. The molecule has 0 aromatic heterocycles. The van der Waals surface area contributed by atoms with Crippen LogP contribution in [0.25, 0.3) is 0 Å². The van der Waals surface area contributed by atoms with Crippen molar-refractivity contribution in [2.45, 2.75) is 32.7 Å². The second-order valence-electron chi connectivity index (χ2n) is 4.33. The summed E-state index contributed by atoms with van der Waals surface area (Å²) in [7, 11) is 0. The van der Waals surface area contributed by atoms with E-state index >= 15 is 0 Å². The zero-order chi connectivity index (χ0) is 12.7. The van der Waals surface area contributed by atoms with E-state index in [2.05, 4.69) is 10.2 Å². The van der Waals surface area contributed by atoms with E-state index in [1.54, 1.807) is 6.92 Å². The molecule has 5 nitrogen and oxygen atoms in total. The lowest BCUT2D eigenvalue weighted by Gasteiger charge is -2.34. The molecular formula is C12H22N2O3. The largest absolute Gasteiger partial charge is 0.378 e. The highest BCUT2D eigenvalue weighted by Gasteiger charge is 2.28. The molecule has 0 aromatic carbocycles. The Kier molecular flexibility index (Phi) is 6.15. The van der Waals surface area contributed by atoms with Crippen molar-refractivity contribution in [3.8, 4) is 0 Å². The Morgan fingerprint density at radius 3 is 2.88 bits per heavy atom. The first-order chi connectivity index (χ1) is 8.15. The molecule has 1 unspecified atom stereocenters. The van der Waals surface area contributed by atoms with Crippen LogP contribution < -0.4 is 5.32 Å². The van der Waals surface area contributed by atoms with E-state index in [0.29, 0.717) is 26.2 Å². The van der Waals surface area contributed by atoms with E-state index in [0.717, 1.165) is 19.5 Å². The summed E-state index contributed by atoms with van der Waals surface area (Å²) in [6.07, 6.45) is 1.39. The second kappa shape index (κ2) is 7.40. The lowest BCUT2D eigenvalue weighted by molar-refractivity contribution is -0.132. The Morgan fingerprint density at radius 1 is 1.47 bits per heavy atom. The first-order valence-electron chi connectivity index (χ1n) is 6.24. The number of carbonyl (C=O) groups excluding carboxylic acids is 2. The number of Topliss-reactive ketones (excluding diaryl/α,β-unsaturated/α-hetero) is 1. The van der Waals surface area contributed by atoms with Gasteiger partial charge in [-0.2, -0.15) is 0 Å². The molecule has 0 aromatic rings. The van der Waals surface area contributed by atoms with E-state index in [4.69, 9.17) is 4.74 Å². The van der Waals surface area contributed by atoms with Gasteiger partial charge in [-0.3, -0.25) is 9.69 Å². The average molecular weight is 242 g/mol. The molecule has 0 aliphatic carbocycles. The van der Waals surface area contributed by atoms with E-state index in [-0.39, 0.29) is 17.7 Å². The molecule has 0 bridgehead atoms. The Hall–Kier alpha value is -0.940. The number of hydrogen-bond acceptors (Lipinski definition) is 4.